The minimum Gasteiger partial charge on any atom is -0.271 e. The zero-order valence-electron chi connectivity index (χ0n) is 12.0. The highest BCUT2D eigenvalue weighted by Gasteiger charge is 2.18. The number of nitrogens with two attached hydrogens (primary N) is 1. The standard InChI is InChI=1S/C13H20BrN5S/c1-4-11-13(14)12(19(3)18-11)6-9(17-15)5-10-7-20-8(2)16-10/h7,9,17H,4-6,15H2,1-3H3. The Kier molecular flexibility index (Phi) is 5.31. The molecule has 7 heteroatoms. The molecule has 5 nitrogen and oxygen atoms in total. The topological polar surface area (TPSA) is 68.8 Å². The molecule has 0 fully saturated rings. The summed E-state index contributed by atoms with van der Waals surface area (Å²) < 4.78 is 3.02. The molecule has 0 saturated heterocycles. The molecule has 2 rings (SSSR count). The molecule has 1 unspecified atom stereocenters. The van der Waals surface area contributed by atoms with Crippen LogP contribution < -0.4 is 11.3 Å². The Labute approximate surface area is 131 Å². The van der Waals surface area contributed by atoms with Crippen molar-refractivity contribution in [3.8, 4) is 0 Å². The lowest BCUT2D eigenvalue weighted by Crippen LogP contribution is -2.39. The van der Waals surface area contributed by atoms with E-state index in [1.165, 1.54) is 0 Å². The highest BCUT2D eigenvalue weighted by atomic mass is 79.9. The number of aromatic nitrogens is 3. The van der Waals surface area contributed by atoms with Crippen molar-refractivity contribution in [3.05, 3.63) is 31.9 Å². The Morgan fingerprint density at radius 3 is 2.75 bits per heavy atom. The second-order valence-electron chi connectivity index (χ2n) is 4.81. The Balaban J connectivity index is 2.12. The molecule has 0 saturated carbocycles. The minimum atomic E-state index is 0.146. The second kappa shape index (κ2) is 6.80. The first-order valence-corrected chi connectivity index (χ1v) is 8.29. The third-order valence-corrected chi connectivity index (χ3v) is 5.04. The lowest BCUT2D eigenvalue weighted by molar-refractivity contribution is 0.500. The first-order chi connectivity index (χ1) is 9.55. The van der Waals surface area contributed by atoms with Crippen LogP contribution in [-0.4, -0.2) is 20.8 Å². The number of thiazole rings is 1. The van der Waals surface area contributed by atoms with Gasteiger partial charge < -0.3 is 0 Å². The summed E-state index contributed by atoms with van der Waals surface area (Å²) in [7, 11) is 1.97. The van der Waals surface area contributed by atoms with Gasteiger partial charge in [-0.15, -0.1) is 11.3 Å². The quantitative estimate of drug-likeness (QED) is 0.613. The summed E-state index contributed by atoms with van der Waals surface area (Å²) in [4.78, 5) is 4.50. The van der Waals surface area contributed by atoms with E-state index in [1.807, 2.05) is 18.7 Å². The highest BCUT2D eigenvalue weighted by Crippen LogP contribution is 2.23. The van der Waals surface area contributed by atoms with Gasteiger partial charge >= 0.3 is 0 Å². The van der Waals surface area contributed by atoms with Gasteiger partial charge in [-0.2, -0.15) is 5.10 Å². The van der Waals surface area contributed by atoms with Gasteiger partial charge in [0, 0.05) is 31.3 Å². The Bertz CT molecular complexity index is 577. The van der Waals surface area contributed by atoms with Gasteiger partial charge in [-0.25, -0.2) is 4.98 Å². The van der Waals surface area contributed by atoms with Crippen molar-refractivity contribution in [2.45, 2.75) is 39.2 Å². The van der Waals surface area contributed by atoms with E-state index in [0.29, 0.717) is 0 Å². The molecule has 1 atom stereocenters. The Hall–Kier alpha value is -0.760. The van der Waals surface area contributed by atoms with Gasteiger partial charge in [-0.3, -0.25) is 16.0 Å². The van der Waals surface area contributed by atoms with Crippen LogP contribution in [0.15, 0.2) is 9.85 Å². The van der Waals surface area contributed by atoms with E-state index in [2.05, 4.69) is 43.7 Å². The number of halogens is 1. The van der Waals surface area contributed by atoms with Gasteiger partial charge in [0.1, 0.15) is 0 Å². The summed E-state index contributed by atoms with van der Waals surface area (Å²) >= 11 is 5.31. The van der Waals surface area contributed by atoms with E-state index < -0.39 is 0 Å². The molecular formula is C13H20BrN5S. The summed E-state index contributed by atoms with van der Waals surface area (Å²) in [6.45, 7) is 4.12. The van der Waals surface area contributed by atoms with Crippen molar-refractivity contribution in [2.24, 2.45) is 12.9 Å². The summed E-state index contributed by atoms with van der Waals surface area (Å²) in [5, 5.41) is 7.70. The Morgan fingerprint density at radius 1 is 1.50 bits per heavy atom. The van der Waals surface area contributed by atoms with Crippen molar-refractivity contribution in [3.63, 3.8) is 0 Å². The fraction of sp³-hybridized carbons (Fsp3) is 0.538. The molecule has 0 bridgehead atoms. The molecule has 110 valence electrons. The van der Waals surface area contributed by atoms with E-state index in [0.717, 1.165) is 45.8 Å². The molecule has 0 radical (unpaired) electrons. The van der Waals surface area contributed by atoms with Gasteiger partial charge in [-0.1, -0.05) is 6.92 Å². The van der Waals surface area contributed by atoms with Crippen LogP contribution in [0.3, 0.4) is 0 Å². The predicted molar refractivity (Wildman–Crippen MR) is 85.7 cm³/mol. The first kappa shape index (κ1) is 15.6. The van der Waals surface area contributed by atoms with Crippen molar-refractivity contribution in [1.29, 1.82) is 0 Å². The van der Waals surface area contributed by atoms with Crippen molar-refractivity contribution < 1.29 is 0 Å². The summed E-state index contributed by atoms with van der Waals surface area (Å²) in [5.74, 6) is 5.70. The lowest BCUT2D eigenvalue weighted by Gasteiger charge is -2.15. The maximum atomic E-state index is 5.70. The average molecular weight is 358 g/mol. The molecule has 3 N–H and O–H groups in total. The summed E-state index contributed by atoms with van der Waals surface area (Å²) in [5.41, 5.74) is 6.23. The zero-order chi connectivity index (χ0) is 14.7. The molecule has 0 spiro atoms. The fourth-order valence-electron chi connectivity index (χ4n) is 2.22. The molecule has 0 aliphatic heterocycles. The third kappa shape index (κ3) is 3.46. The number of hydrogen-bond acceptors (Lipinski definition) is 5. The van der Waals surface area contributed by atoms with Crippen LogP contribution in [-0.2, 0) is 26.3 Å². The minimum absolute atomic E-state index is 0.146. The molecule has 0 aromatic carbocycles. The molecule has 0 aliphatic rings. The van der Waals surface area contributed by atoms with E-state index >= 15 is 0 Å². The smallest absolute Gasteiger partial charge is 0.0897 e. The SMILES string of the molecule is CCc1nn(C)c(CC(Cc2csc(C)n2)NN)c1Br. The van der Waals surface area contributed by atoms with E-state index in [1.54, 1.807) is 11.3 Å². The van der Waals surface area contributed by atoms with E-state index in [-0.39, 0.29) is 6.04 Å². The van der Waals surface area contributed by atoms with Crippen LogP contribution >= 0.6 is 27.3 Å². The number of nitrogens with one attached hydrogen (secondary N) is 1. The molecule has 2 heterocycles. The number of rotatable bonds is 6. The van der Waals surface area contributed by atoms with Crippen LogP contribution in [0, 0.1) is 6.92 Å². The van der Waals surface area contributed by atoms with Crippen LogP contribution in [0.1, 0.15) is 29.0 Å². The maximum absolute atomic E-state index is 5.70. The number of hydrogen-bond donors (Lipinski definition) is 2. The molecule has 2 aromatic rings. The van der Waals surface area contributed by atoms with Crippen molar-refractivity contribution in [1.82, 2.24) is 20.2 Å². The van der Waals surface area contributed by atoms with Gasteiger partial charge in [0.15, 0.2) is 0 Å². The number of nitrogens with zero attached hydrogens (tertiary/aromatic N) is 3. The van der Waals surface area contributed by atoms with Crippen molar-refractivity contribution >= 4 is 27.3 Å². The number of hydrazine groups is 1. The maximum Gasteiger partial charge on any atom is 0.0897 e. The van der Waals surface area contributed by atoms with Crippen molar-refractivity contribution in [2.75, 3.05) is 0 Å². The number of aryl methyl sites for hydroxylation is 3. The van der Waals surface area contributed by atoms with Crippen LogP contribution in [0.5, 0.6) is 0 Å². The van der Waals surface area contributed by atoms with Crippen LogP contribution in [0.2, 0.25) is 0 Å². The average Bonchev–Trinajstić information content (AvgIpc) is 2.95. The zero-order valence-corrected chi connectivity index (χ0v) is 14.4. The van der Waals surface area contributed by atoms with Gasteiger partial charge in [-0.05, 0) is 29.3 Å². The monoisotopic (exact) mass is 357 g/mol. The van der Waals surface area contributed by atoms with E-state index in [4.69, 9.17) is 5.84 Å². The van der Waals surface area contributed by atoms with E-state index in [9.17, 15) is 0 Å². The largest absolute Gasteiger partial charge is 0.271 e. The fourth-order valence-corrected chi connectivity index (χ4v) is 3.62. The van der Waals surface area contributed by atoms with Gasteiger partial charge in [0.2, 0.25) is 0 Å². The van der Waals surface area contributed by atoms with Crippen LogP contribution in [0.25, 0.3) is 0 Å². The highest BCUT2D eigenvalue weighted by molar-refractivity contribution is 9.10. The second-order valence-corrected chi connectivity index (χ2v) is 6.67. The first-order valence-electron chi connectivity index (χ1n) is 6.62. The third-order valence-electron chi connectivity index (χ3n) is 3.30. The molecule has 20 heavy (non-hydrogen) atoms. The Morgan fingerprint density at radius 2 is 2.25 bits per heavy atom. The summed E-state index contributed by atoms with van der Waals surface area (Å²) in [6, 6.07) is 0.146. The normalized spacial score (nSPS) is 12.8. The van der Waals surface area contributed by atoms with Gasteiger partial charge in [0.05, 0.1) is 26.6 Å². The molecular weight excluding hydrogens is 338 g/mol. The molecule has 2 aromatic heterocycles. The molecule has 0 aliphatic carbocycles. The predicted octanol–water partition coefficient (Wildman–Crippen LogP) is 2.13. The van der Waals surface area contributed by atoms with Crippen LogP contribution in [0.4, 0.5) is 0 Å². The molecule has 0 amide bonds. The van der Waals surface area contributed by atoms with Gasteiger partial charge in [0.25, 0.3) is 0 Å². The summed E-state index contributed by atoms with van der Waals surface area (Å²) in [6.07, 6.45) is 2.55. The lowest BCUT2D eigenvalue weighted by atomic mass is 10.1.